The van der Waals surface area contributed by atoms with E-state index in [9.17, 15) is 4.79 Å². The van der Waals surface area contributed by atoms with E-state index in [-0.39, 0.29) is 5.91 Å². The maximum atomic E-state index is 11.6. The summed E-state index contributed by atoms with van der Waals surface area (Å²) in [5.74, 6) is 1.07. The van der Waals surface area contributed by atoms with E-state index in [0.29, 0.717) is 30.4 Å². The summed E-state index contributed by atoms with van der Waals surface area (Å²) in [5.41, 5.74) is 0. The first-order chi connectivity index (χ1) is 9.74. The maximum absolute atomic E-state index is 11.6. The zero-order chi connectivity index (χ0) is 14.2. The van der Waals surface area contributed by atoms with Gasteiger partial charge in [-0.2, -0.15) is 0 Å². The monoisotopic (exact) mass is 291 g/mol. The van der Waals surface area contributed by atoms with Gasteiger partial charge in [0.2, 0.25) is 5.91 Å². The standard InChI is InChI=1S/C14H14ClN3O2/c15-12-8-9-13(18-17-12)16-14(19)7-4-10-20-11-5-2-1-3-6-11/h1-3,5-6,8-9H,4,7,10H2,(H,16,18,19). The lowest BCUT2D eigenvalue weighted by Gasteiger charge is -2.06. The fraction of sp³-hybridized carbons (Fsp3) is 0.214. The van der Waals surface area contributed by atoms with Crippen LogP contribution in [-0.2, 0) is 4.79 Å². The van der Waals surface area contributed by atoms with Crippen molar-refractivity contribution in [1.82, 2.24) is 10.2 Å². The second-order valence-electron chi connectivity index (χ2n) is 4.05. The van der Waals surface area contributed by atoms with Crippen molar-refractivity contribution in [3.8, 4) is 5.75 Å². The van der Waals surface area contributed by atoms with Crippen molar-refractivity contribution in [2.45, 2.75) is 12.8 Å². The van der Waals surface area contributed by atoms with Crippen LogP contribution in [0.3, 0.4) is 0 Å². The second kappa shape index (κ2) is 7.45. The van der Waals surface area contributed by atoms with Gasteiger partial charge in [-0.05, 0) is 30.7 Å². The number of ether oxygens (including phenoxy) is 1. The number of para-hydroxylation sites is 1. The van der Waals surface area contributed by atoms with Gasteiger partial charge in [-0.25, -0.2) is 0 Å². The van der Waals surface area contributed by atoms with Gasteiger partial charge in [0, 0.05) is 6.42 Å². The van der Waals surface area contributed by atoms with Crippen molar-refractivity contribution in [3.05, 3.63) is 47.6 Å². The van der Waals surface area contributed by atoms with Crippen molar-refractivity contribution in [2.75, 3.05) is 11.9 Å². The van der Waals surface area contributed by atoms with Gasteiger partial charge >= 0.3 is 0 Å². The first-order valence-electron chi connectivity index (χ1n) is 6.21. The lowest BCUT2D eigenvalue weighted by Crippen LogP contribution is -2.14. The van der Waals surface area contributed by atoms with Crippen molar-refractivity contribution < 1.29 is 9.53 Å². The third-order valence-corrected chi connectivity index (χ3v) is 2.66. The fourth-order valence-electron chi connectivity index (χ4n) is 1.53. The van der Waals surface area contributed by atoms with E-state index in [4.69, 9.17) is 16.3 Å². The highest BCUT2D eigenvalue weighted by Gasteiger charge is 2.04. The molecule has 0 spiro atoms. The summed E-state index contributed by atoms with van der Waals surface area (Å²) in [4.78, 5) is 11.6. The number of rotatable bonds is 6. The molecule has 104 valence electrons. The Bertz CT molecular complexity index is 546. The van der Waals surface area contributed by atoms with Crippen LogP contribution in [-0.4, -0.2) is 22.7 Å². The zero-order valence-corrected chi connectivity index (χ0v) is 11.5. The number of nitrogens with one attached hydrogen (secondary N) is 1. The van der Waals surface area contributed by atoms with Gasteiger partial charge in [-0.15, -0.1) is 10.2 Å². The number of carbonyl (C=O) groups excluding carboxylic acids is 1. The van der Waals surface area contributed by atoms with Gasteiger partial charge in [0.15, 0.2) is 11.0 Å². The molecule has 1 heterocycles. The number of carbonyl (C=O) groups is 1. The quantitative estimate of drug-likeness (QED) is 0.831. The minimum absolute atomic E-state index is 0.127. The zero-order valence-electron chi connectivity index (χ0n) is 10.8. The highest BCUT2D eigenvalue weighted by molar-refractivity contribution is 6.29. The van der Waals surface area contributed by atoms with Gasteiger partial charge in [0.1, 0.15) is 5.75 Å². The molecule has 0 aliphatic rings. The third kappa shape index (κ3) is 4.85. The number of nitrogens with zero attached hydrogens (tertiary/aromatic N) is 2. The Labute approximate surface area is 121 Å². The van der Waals surface area contributed by atoms with Gasteiger partial charge in [-0.1, -0.05) is 29.8 Å². The highest BCUT2D eigenvalue weighted by atomic mass is 35.5. The molecule has 2 rings (SSSR count). The number of anilines is 1. The van der Waals surface area contributed by atoms with Crippen LogP contribution in [0.15, 0.2) is 42.5 Å². The number of benzene rings is 1. The molecule has 6 heteroatoms. The van der Waals surface area contributed by atoms with Gasteiger partial charge in [0.05, 0.1) is 6.61 Å². The van der Waals surface area contributed by atoms with E-state index < -0.39 is 0 Å². The first-order valence-corrected chi connectivity index (χ1v) is 6.59. The van der Waals surface area contributed by atoms with Gasteiger partial charge < -0.3 is 10.1 Å². The van der Waals surface area contributed by atoms with Gasteiger partial charge in [-0.3, -0.25) is 4.79 Å². The second-order valence-corrected chi connectivity index (χ2v) is 4.44. The van der Waals surface area contributed by atoms with Crippen LogP contribution in [0.1, 0.15) is 12.8 Å². The minimum Gasteiger partial charge on any atom is -0.494 e. The number of hydrogen-bond donors (Lipinski definition) is 1. The number of amides is 1. The van der Waals surface area contributed by atoms with E-state index in [0.717, 1.165) is 5.75 Å². The maximum Gasteiger partial charge on any atom is 0.225 e. The Kier molecular flexibility index (Phi) is 5.32. The summed E-state index contributed by atoms with van der Waals surface area (Å²) in [6, 6.07) is 12.7. The summed E-state index contributed by atoms with van der Waals surface area (Å²) in [7, 11) is 0. The van der Waals surface area contributed by atoms with Crippen LogP contribution >= 0.6 is 11.6 Å². The summed E-state index contributed by atoms with van der Waals surface area (Å²) in [6.07, 6.45) is 0.985. The average Bonchev–Trinajstić information content (AvgIpc) is 2.47. The summed E-state index contributed by atoms with van der Waals surface area (Å²) < 4.78 is 5.50. The molecule has 0 aliphatic carbocycles. The summed E-state index contributed by atoms with van der Waals surface area (Å²) >= 11 is 5.61. The summed E-state index contributed by atoms with van der Waals surface area (Å²) in [5, 5.41) is 10.3. The normalized spacial score (nSPS) is 10.1. The Morgan fingerprint density at radius 2 is 1.95 bits per heavy atom. The molecule has 2 aromatic rings. The predicted molar refractivity (Wildman–Crippen MR) is 76.8 cm³/mol. The van der Waals surface area contributed by atoms with Crippen LogP contribution in [0.25, 0.3) is 0 Å². The Balaban J connectivity index is 1.66. The molecule has 1 aromatic heterocycles. The van der Waals surface area contributed by atoms with E-state index in [1.165, 1.54) is 0 Å². The molecule has 0 unspecified atom stereocenters. The van der Waals surface area contributed by atoms with Crippen LogP contribution in [0.2, 0.25) is 5.15 Å². The topological polar surface area (TPSA) is 64.1 Å². The average molecular weight is 292 g/mol. The number of halogens is 1. The molecule has 1 amide bonds. The molecule has 1 N–H and O–H groups in total. The predicted octanol–water partition coefficient (Wildman–Crippen LogP) is 2.93. The first kappa shape index (κ1) is 14.3. The van der Waals surface area contributed by atoms with E-state index >= 15 is 0 Å². The fourth-order valence-corrected chi connectivity index (χ4v) is 1.63. The smallest absolute Gasteiger partial charge is 0.225 e. The SMILES string of the molecule is O=C(CCCOc1ccccc1)Nc1ccc(Cl)nn1. The highest BCUT2D eigenvalue weighted by Crippen LogP contribution is 2.09. The Morgan fingerprint density at radius 1 is 1.15 bits per heavy atom. The van der Waals surface area contributed by atoms with Crippen molar-refractivity contribution in [1.29, 1.82) is 0 Å². The molecule has 0 bridgehead atoms. The number of hydrogen-bond acceptors (Lipinski definition) is 4. The van der Waals surface area contributed by atoms with E-state index in [1.807, 2.05) is 30.3 Å². The Morgan fingerprint density at radius 3 is 2.65 bits per heavy atom. The molecule has 0 aliphatic heterocycles. The van der Waals surface area contributed by atoms with Crippen LogP contribution in [0.4, 0.5) is 5.82 Å². The number of aromatic nitrogens is 2. The molecule has 5 nitrogen and oxygen atoms in total. The van der Waals surface area contributed by atoms with Crippen LogP contribution in [0, 0.1) is 0 Å². The minimum atomic E-state index is -0.127. The summed E-state index contributed by atoms with van der Waals surface area (Å²) in [6.45, 7) is 0.490. The van der Waals surface area contributed by atoms with Crippen molar-refractivity contribution >= 4 is 23.3 Å². The molecule has 1 aromatic carbocycles. The Hall–Kier alpha value is -2.14. The molecule has 20 heavy (non-hydrogen) atoms. The van der Waals surface area contributed by atoms with Crippen molar-refractivity contribution in [2.24, 2.45) is 0 Å². The molecule has 0 saturated carbocycles. The van der Waals surface area contributed by atoms with Crippen molar-refractivity contribution in [3.63, 3.8) is 0 Å². The molecule has 0 radical (unpaired) electrons. The molecule has 0 fully saturated rings. The largest absolute Gasteiger partial charge is 0.494 e. The van der Waals surface area contributed by atoms with E-state index in [2.05, 4.69) is 15.5 Å². The lowest BCUT2D eigenvalue weighted by molar-refractivity contribution is -0.116. The van der Waals surface area contributed by atoms with Crippen LogP contribution in [0.5, 0.6) is 5.75 Å². The van der Waals surface area contributed by atoms with Crippen LogP contribution < -0.4 is 10.1 Å². The molecular formula is C14H14ClN3O2. The van der Waals surface area contributed by atoms with Gasteiger partial charge in [0.25, 0.3) is 0 Å². The third-order valence-electron chi connectivity index (χ3n) is 2.46. The molecule has 0 atom stereocenters. The van der Waals surface area contributed by atoms with E-state index in [1.54, 1.807) is 12.1 Å². The lowest BCUT2D eigenvalue weighted by atomic mass is 10.3. The molecular weight excluding hydrogens is 278 g/mol. The molecule has 0 saturated heterocycles.